The second-order valence-corrected chi connectivity index (χ2v) is 3.90. The molecule has 0 aromatic carbocycles. The third kappa shape index (κ3) is 2.11. The summed E-state index contributed by atoms with van der Waals surface area (Å²) in [5.41, 5.74) is 1.76. The first-order valence-electron chi connectivity index (χ1n) is 3.32. The minimum Gasteiger partial charge on any atom is -0.465 e. The van der Waals surface area contributed by atoms with Gasteiger partial charge in [0.05, 0.1) is 6.26 Å². The first-order valence-corrected chi connectivity index (χ1v) is 5.24. The second kappa shape index (κ2) is 4.10. The Labute approximate surface area is 87.7 Å². The molecular formula is C9H8Br2O. The first kappa shape index (κ1) is 9.81. The number of rotatable bonds is 2. The monoisotopic (exact) mass is 290 g/mol. The van der Waals surface area contributed by atoms with Crippen molar-refractivity contribution in [2.24, 2.45) is 0 Å². The van der Waals surface area contributed by atoms with Crippen molar-refractivity contribution in [3.05, 3.63) is 33.5 Å². The van der Waals surface area contributed by atoms with Gasteiger partial charge >= 0.3 is 0 Å². The Morgan fingerprint density at radius 1 is 1.67 bits per heavy atom. The van der Waals surface area contributed by atoms with Crippen LogP contribution in [0.25, 0.3) is 12.7 Å². The highest BCUT2D eigenvalue weighted by Gasteiger charge is 1.97. The van der Waals surface area contributed by atoms with Crippen LogP contribution in [-0.4, -0.2) is 0 Å². The minimum absolute atomic E-state index is 0.671. The molecule has 1 rings (SSSR count). The van der Waals surface area contributed by atoms with Crippen LogP contribution in [0.3, 0.4) is 0 Å². The van der Waals surface area contributed by atoms with E-state index in [1.54, 1.807) is 6.26 Å². The number of allylic oxidation sites excluding steroid dienone is 1. The maximum absolute atomic E-state index is 5.15. The maximum Gasteiger partial charge on any atom is 0.127 e. The normalized spacial score (nSPS) is 12.0. The Kier molecular flexibility index (Phi) is 3.35. The molecule has 0 aliphatic rings. The van der Waals surface area contributed by atoms with Crippen LogP contribution in [0.5, 0.6) is 0 Å². The number of hydrogen-bond donors (Lipinski definition) is 0. The Balaban J connectivity index is 3.38. The maximum atomic E-state index is 5.15. The molecule has 0 atom stereocenters. The summed E-state index contributed by atoms with van der Waals surface area (Å²) in [6.45, 7) is 7.48. The first-order chi connectivity index (χ1) is 5.65. The van der Waals surface area contributed by atoms with E-state index < -0.39 is 0 Å². The highest BCUT2D eigenvalue weighted by Crippen LogP contribution is 2.03. The number of hydrogen-bond acceptors (Lipinski definition) is 1. The van der Waals surface area contributed by atoms with Crippen LogP contribution in [0.2, 0.25) is 0 Å². The predicted molar refractivity (Wildman–Crippen MR) is 58.6 cm³/mol. The van der Waals surface area contributed by atoms with Crippen LogP contribution < -0.4 is 10.6 Å². The van der Waals surface area contributed by atoms with Gasteiger partial charge in [-0.3, -0.25) is 0 Å². The summed E-state index contributed by atoms with van der Waals surface area (Å²) in [6, 6.07) is 0. The summed E-state index contributed by atoms with van der Waals surface area (Å²) in [5, 5.41) is 1.76. The van der Waals surface area contributed by atoms with Crippen molar-refractivity contribution in [3.8, 4) is 0 Å². The zero-order valence-corrected chi connectivity index (χ0v) is 9.61. The van der Waals surface area contributed by atoms with Crippen LogP contribution in [0.4, 0.5) is 0 Å². The van der Waals surface area contributed by atoms with Crippen LogP contribution >= 0.6 is 31.9 Å². The Hall–Kier alpha value is -0.280. The molecule has 0 amide bonds. The lowest BCUT2D eigenvalue weighted by atomic mass is 10.3. The predicted octanol–water partition coefficient (Wildman–Crippen LogP) is 2.27. The Morgan fingerprint density at radius 2 is 2.33 bits per heavy atom. The summed E-state index contributed by atoms with van der Waals surface area (Å²) in [4.78, 5) is 0. The molecule has 1 aromatic rings. The van der Waals surface area contributed by atoms with Gasteiger partial charge in [0, 0.05) is 20.6 Å². The lowest BCUT2D eigenvalue weighted by molar-refractivity contribution is 0.531. The summed E-state index contributed by atoms with van der Waals surface area (Å²) in [5.74, 6) is 0. The van der Waals surface area contributed by atoms with Crippen molar-refractivity contribution in [1.82, 2.24) is 0 Å². The third-order valence-electron chi connectivity index (χ3n) is 1.43. The average Bonchev–Trinajstić information content (AvgIpc) is 2.32. The van der Waals surface area contributed by atoms with E-state index >= 15 is 0 Å². The molecule has 0 unspecified atom stereocenters. The van der Waals surface area contributed by atoms with E-state index in [-0.39, 0.29) is 0 Å². The van der Waals surface area contributed by atoms with Gasteiger partial charge in [0.2, 0.25) is 0 Å². The van der Waals surface area contributed by atoms with Crippen molar-refractivity contribution in [3.63, 3.8) is 0 Å². The highest BCUT2D eigenvalue weighted by molar-refractivity contribution is 9.12. The molecule has 1 aromatic heterocycles. The lowest BCUT2D eigenvalue weighted by Crippen LogP contribution is -2.20. The van der Waals surface area contributed by atoms with E-state index in [1.165, 1.54) is 0 Å². The SMILES string of the molecule is C=C(Br)/C=c1/c(CBr)coc1=C. The topological polar surface area (TPSA) is 13.1 Å². The van der Waals surface area contributed by atoms with Gasteiger partial charge in [-0.2, -0.15) is 0 Å². The van der Waals surface area contributed by atoms with E-state index in [0.717, 1.165) is 20.6 Å². The molecule has 3 heteroatoms. The molecule has 0 spiro atoms. The van der Waals surface area contributed by atoms with E-state index in [1.807, 2.05) is 6.08 Å². The fourth-order valence-electron chi connectivity index (χ4n) is 0.882. The summed E-state index contributed by atoms with van der Waals surface area (Å²) >= 11 is 6.62. The van der Waals surface area contributed by atoms with Crippen molar-refractivity contribution in [2.45, 2.75) is 5.33 Å². The van der Waals surface area contributed by atoms with Crippen LogP contribution in [0.15, 0.2) is 21.7 Å². The summed E-state index contributed by atoms with van der Waals surface area (Å²) < 4.78 is 5.97. The Morgan fingerprint density at radius 3 is 2.83 bits per heavy atom. The third-order valence-corrected chi connectivity index (χ3v) is 2.27. The molecule has 0 bridgehead atoms. The molecular weight excluding hydrogens is 284 g/mol. The zero-order valence-electron chi connectivity index (χ0n) is 6.44. The molecule has 1 heterocycles. The zero-order chi connectivity index (χ0) is 9.14. The molecule has 0 saturated heterocycles. The van der Waals surface area contributed by atoms with E-state index in [9.17, 15) is 0 Å². The highest BCUT2D eigenvalue weighted by atomic mass is 79.9. The van der Waals surface area contributed by atoms with Crippen molar-refractivity contribution < 1.29 is 4.42 Å². The summed E-state index contributed by atoms with van der Waals surface area (Å²) in [7, 11) is 0. The molecule has 0 radical (unpaired) electrons. The van der Waals surface area contributed by atoms with Crippen molar-refractivity contribution >= 4 is 44.5 Å². The minimum atomic E-state index is 0.671. The quantitative estimate of drug-likeness (QED) is 0.762. The molecule has 0 fully saturated rings. The van der Waals surface area contributed by atoms with Crippen molar-refractivity contribution in [1.29, 1.82) is 0 Å². The lowest BCUT2D eigenvalue weighted by Gasteiger charge is -1.85. The fourth-order valence-corrected chi connectivity index (χ4v) is 1.54. The van der Waals surface area contributed by atoms with Gasteiger partial charge in [-0.1, -0.05) is 45.0 Å². The number of halogens is 2. The molecule has 0 N–H and O–H groups in total. The largest absolute Gasteiger partial charge is 0.465 e. The molecule has 0 aliphatic carbocycles. The fraction of sp³-hybridized carbons (Fsp3) is 0.111. The van der Waals surface area contributed by atoms with Crippen LogP contribution in [-0.2, 0) is 5.33 Å². The van der Waals surface area contributed by atoms with Gasteiger partial charge < -0.3 is 4.42 Å². The number of furan rings is 1. The van der Waals surface area contributed by atoms with Gasteiger partial charge in [-0.05, 0) is 6.08 Å². The van der Waals surface area contributed by atoms with E-state index in [2.05, 4.69) is 45.0 Å². The van der Waals surface area contributed by atoms with Gasteiger partial charge in [0.25, 0.3) is 0 Å². The van der Waals surface area contributed by atoms with Gasteiger partial charge in [-0.15, -0.1) is 0 Å². The van der Waals surface area contributed by atoms with Gasteiger partial charge in [0.1, 0.15) is 5.42 Å². The molecule has 12 heavy (non-hydrogen) atoms. The van der Waals surface area contributed by atoms with Gasteiger partial charge in [0.15, 0.2) is 0 Å². The standard InChI is InChI=1S/C9H8Br2O/c1-6(11)3-9-7(2)12-5-8(9)4-10/h3,5H,1-2,4H2/b9-3+. The smallest absolute Gasteiger partial charge is 0.127 e. The Bertz CT molecular complexity index is 389. The van der Waals surface area contributed by atoms with Crippen LogP contribution in [0.1, 0.15) is 5.56 Å². The summed E-state index contributed by atoms with van der Waals surface area (Å²) in [6.07, 6.45) is 3.58. The molecule has 1 nitrogen and oxygen atoms in total. The van der Waals surface area contributed by atoms with Crippen molar-refractivity contribution in [2.75, 3.05) is 0 Å². The van der Waals surface area contributed by atoms with E-state index in [4.69, 9.17) is 4.42 Å². The second-order valence-electron chi connectivity index (χ2n) is 2.32. The molecule has 64 valence electrons. The molecule has 0 saturated carbocycles. The van der Waals surface area contributed by atoms with Crippen LogP contribution in [0, 0.1) is 0 Å². The van der Waals surface area contributed by atoms with Gasteiger partial charge in [-0.25, -0.2) is 0 Å². The van der Waals surface area contributed by atoms with E-state index in [0.29, 0.717) is 5.42 Å². The average molecular weight is 292 g/mol. The molecule has 0 aliphatic heterocycles. The number of alkyl halides is 1.